The number of likely N-dealkylation sites (tertiary alicyclic amines) is 1. The summed E-state index contributed by atoms with van der Waals surface area (Å²) >= 11 is 1.49. The fraction of sp³-hybridized carbons (Fsp3) is 0.444. The highest BCUT2D eigenvalue weighted by Crippen LogP contribution is 2.14. The van der Waals surface area contributed by atoms with E-state index in [1.807, 2.05) is 0 Å². The molecule has 1 aliphatic rings. The number of benzene rings is 1. The summed E-state index contributed by atoms with van der Waals surface area (Å²) < 4.78 is 0. The van der Waals surface area contributed by atoms with Crippen molar-refractivity contribution in [3.05, 3.63) is 51.5 Å². The molecule has 2 heterocycles. The first-order valence-corrected chi connectivity index (χ1v) is 9.35. The molecule has 0 unspecified atom stereocenters. The summed E-state index contributed by atoms with van der Waals surface area (Å²) in [5.74, 6) is -0.125. The predicted octanol–water partition coefficient (Wildman–Crippen LogP) is 2.17. The predicted molar refractivity (Wildman–Crippen MR) is 97.0 cm³/mol. The highest BCUT2D eigenvalue weighted by molar-refractivity contribution is 7.09. The van der Waals surface area contributed by atoms with Crippen LogP contribution < -0.4 is 11.1 Å². The highest BCUT2D eigenvalue weighted by Gasteiger charge is 2.13. The van der Waals surface area contributed by atoms with Gasteiger partial charge in [0.15, 0.2) is 0 Å². The van der Waals surface area contributed by atoms with Gasteiger partial charge in [-0.3, -0.25) is 9.69 Å². The van der Waals surface area contributed by atoms with E-state index < -0.39 is 0 Å². The molecule has 1 aromatic heterocycles. The Morgan fingerprint density at radius 1 is 1.29 bits per heavy atom. The monoisotopic (exact) mass is 344 g/mol. The van der Waals surface area contributed by atoms with E-state index in [4.69, 9.17) is 5.73 Å². The van der Waals surface area contributed by atoms with Gasteiger partial charge in [0, 0.05) is 24.9 Å². The van der Waals surface area contributed by atoms with Gasteiger partial charge in [0.1, 0.15) is 5.69 Å². The molecule has 3 N–H and O–H groups in total. The van der Waals surface area contributed by atoms with Crippen molar-refractivity contribution in [1.29, 1.82) is 0 Å². The van der Waals surface area contributed by atoms with Gasteiger partial charge in [0.25, 0.3) is 5.91 Å². The molecule has 0 spiro atoms. The molecule has 0 radical (unpaired) electrons. The van der Waals surface area contributed by atoms with Crippen LogP contribution in [0.1, 0.15) is 39.5 Å². The maximum absolute atomic E-state index is 12.2. The first-order valence-electron chi connectivity index (χ1n) is 8.47. The van der Waals surface area contributed by atoms with E-state index in [0.29, 0.717) is 18.8 Å². The van der Waals surface area contributed by atoms with Crippen molar-refractivity contribution in [2.24, 2.45) is 5.73 Å². The van der Waals surface area contributed by atoms with E-state index in [1.54, 1.807) is 5.38 Å². The van der Waals surface area contributed by atoms with Crippen LogP contribution in [0.4, 0.5) is 0 Å². The Hall–Kier alpha value is -1.76. The van der Waals surface area contributed by atoms with Gasteiger partial charge in [-0.05, 0) is 43.6 Å². The molecule has 3 rings (SSSR count). The number of thiazole rings is 1. The third-order valence-electron chi connectivity index (χ3n) is 4.19. The van der Waals surface area contributed by atoms with Crippen LogP contribution in [-0.2, 0) is 19.5 Å². The van der Waals surface area contributed by atoms with Gasteiger partial charge in [0.05, 0.1) is 5.01 Å². The van der Waals surface area contributed by atoms with Crippen molar-refractivity contribution in [1.82, 2.24) is 15.2 Å². The van der Waals surface area contributed by atoms with Gasteiger partial charge in [0.2, 0.25) is 0 Å². The Kier molecular flexibility index (Phi) is 5.96. The number of amides is 1. The number of rotatable bonds is 7. The zero-order valence-electron chi connectivity index (χ0n) is 13.8. The van der Waals surface area contributed by atoms with Crippen LogP contribution in [0.15, 0.2) is 29.6 Å². The molecule has 0 aliphatic carbocycles. The third kappa shape index (κ3) is 4.63. The van der Waals surface area contributed by atoms with Crippen LogP contribution in [0, 0.1) is 0 Å². The number of nitrogens with zero attached hydrogens (tertiary/aromatic N) is 2. The summed E-state index contributed by atoms with van der Waals surface area (Å²) in [5, 5.41) is 5.66. The van der Waals surface area contributed by atoms with Crippen molar-refractivity contribution in [2.75, 3.05) is 19.6 Å². The first kappa shape index (κ1) is 17.1. The molecule has 1 amide bonds. The van der Waals surface area contributed by atoms with Crippen LogP contribution in [0.5, 0.6) is 0 Å². The molecule has 5 nitrogen and oxygen atoms in total. The number of hydrogen-bond donors (Lipinski definition) is 2. The van der Waals surface area contributed by atoms with Crippen LogP contribution >= 0.6 is 11.3 Å². The Labute approximate surface area is 146 Å². The fourth-order valence-corrected chi connectivity index (χ4v) is 3.76. The zero-order valence-corrected chi connectivity index (χ0v) is 14.6. The van der Waals surface area contributed by atoms with E-state index >= 15 is 0 Å². The van der Waals surface area contributed by atoms with Gasteiger partial charge in [-0.15, -0.1) is 11.3 Å². The van der Waals surface area contributed by atoms with E-state index in [2.05, 4.69) is 39.5 Å². The van der Waals surface area contributed by atoms with Crippen molar-refractivity contribution in [3.8, 4) is 0 Å². The summed E-state index contributed by atoms with van der Waals surface area (Å²) in [6.45, 7) is 4.46. The number of aromatic nitrogens is 1. The lowest BCUT2D eigenvalue weighted by molar-refractivity contribution is 0.0946. The second-order valence-corrected chi connectivity index (χ2v) is 7.09. The summed E-state index contributed by atoms with van der Waals surface area (Å²) in [6.07, 6.45) is 3.32. The van der Waals surface area contributed by atoms with Crippen molar-refractivity contribution >= 4 is 17.2 Å². The molecular formula is C18H24N4OS. The van der Waals surface area contributed by atoms with E-state index in [1.165, 1.54) is 42.8 Å². The Morgan fingerprint density at radius 2 is 2.08 bits per heavy atom. The summed E-state index contributed by atoms with van der Waals surface area (Å²) in [4.78, 5) is 19.0. The first-order chi connectivity index (χ1) is 11.7. The molecule has 24 heavy (non-hydrogen) atoms. The third-order valence-corrected chi connectivity index (χ3v) is 5.10. The minimum absolute atomic E-state index is 0.125. The summed E-state index contributed by atoms with van der Waals surface area (Å²) in [5.41, 5.74) is 8.43. The summed E-state index contributed by atoms with van der Waals surface area (Å²) in [6, 6.07) is 8.45. The number of carbonyl (C=O) groups is 1. The molecule has 0 atom stereocenters. The lowest BCUT2D eigenvalue weighted by Gasteiger charge is -2.15. The topological polar surface area (TPSA) is 71.2 Å². The van der Waals surface area contributed by atoms with Crippen LogP contribution in [0.3, 0.4) is 0 Å². The molecule has 0 bridgehead atoms. The van der Waals surface area contributed by atoms with Crippen LogP contribution in [0.25, 0.3) is 0 Å². The highest BCUT2D eigenvalue weighted by atomic mass is 32.1. The Balaban J connectivity index is 1.54. The fourth-order valence-electron chi connectivity index (χ4n) is 2.96. The minimum atomic E-state index is -0.125. The molecule has 1 aromatic carbocycles. The standard InChI is InChI=1S/C18H24N4OS/c19-7-6-17-21-16(13-24-17)18(23)20-11-14-4-3-5-15(10-14)12-22-8-1-2-9-22/h3-5,10,13H,1-2,6-9,11-12,19H2,(H,20,23). The van der Waals surface area contributed by atoms with Gasteiger partial charge >= 0.3 is 0 Å². The normalized spacial score (nSPS) is 14.9. The molecular weight excluding hydrogens is 320 g/mol. The van der Waals surface area contributed by atoms with E-state index in [-0.39, 0.29) is 5.91 Å². The number of carbonyl (C=O) groups excluding carboxylic acids is 1. The average Bonchev–Trinajstić information content (AvgIpc) is 3.25. The maximum atomic E-state index is 12.2. The van der Waals surface area contributed by atoms with Gasteiger partial charge in [-0.2, -0.15) is 0 Å². The second-order valence-electron chi connectivity index (χ2n) is 6.15. The van der Waals surface area contributed by atoms with Crippen LogP contribution in [0.2, 0.25) is 0 Å². The van der Waals surface area contributed by atoms with Gasteiger partial charge in [-0.25, -0.2) is 4.98 Å². The zero-order chi connectivity index (χ0) is 16.8. The summed E-state index contributed by atoms with van der Waals surface area (Å²) in [7, 11) is 0. The molecule has 128 valence electrons. The lowest BCUT2D eigenvalue weighted by atomic mass is 10.1. The van der Waals surface area contributed by atoms with Crippen molar-refractivity contribution < 1.29 is 4.79 Å². The number of nitrogens with two attached hydrogens (primary N) is 1. The number of nitrogens with one attached hydrogen (secondary N) is 1. The lowest BCUT2D eigenvalue weighted by Crippen LogP contribution is -2.23. The maximum Gasteiger partial charge on any atom is 0.271 e. The average molecular weight is 344 g/mol. The van der Waals surface area contributed by atoms with E-state index in [0.717, 1.165) is 23.5 Å². The van der Waals surface area contributed by atoms with Gasteiger partial charge in [-0.1, -0.05) is 24.3 Å². The Morgan fingerprint density at radius 3 is 2.88 bits per heavy atom. The molecule has 1 fully saturated rings. The largest absolute Gasteiger partial charge is 0.347 e. The quantitative estimate of drug-likeness (QED) is 0.807. The van der Waals surface area contributed by atoms with Crippen molar-refractivity contribution in [2.45, 2.75) is 32.4 Å². The molecule has 2 aromatic rings. The smallest absolute Gasteiger partial charge is 0.271 e. The second kappa shape index (κ2) is 8.37. The Bertz CT molecular complexity index is 679. The molecule has 1 aliphatic heterocycles. The molecule has 0 saturated carbocycles. The number of hydrogen-bond acceptors (Lipinski definition) is 5. The van der Waals surface area contributed by atoms with Crippen LogP contribution in [-0.4, -0.2) is 35.4 Å². The van der Waals surface area contributed by atoms with Gasteiger partial charge < -0.3 is 11.1 Å². The molecule has 6 heteroatoms. The van der Waals surface area contributed by atoms with E-state index in [9.17, 15) is 4.79 Å². The molecule has 1 saturated heterocycles. The SMILES string of the molecule is NCCc1nc(C(=O)NCc2cccc(CN3CCCC3)c2)cs1. The van der Waals surface area contributed by atoms with Crippen molar-refractivity contribution in [3.63, 3.8) is 0 Å². The minimum Gasteiger partial charge on any atom is -0.347 e.